The SMILES string of the molecule is C=CC(=O)Nc1cc(Nc2nccc(-c3c4n(c5ccccc35)CCC4)n2)c(OC)cc1CCCN(C)C. The number of hydrogen-bond donors (Lipinski definition) is 2. The van der Waals surface area contributed by atoms with Crippen LogP contribution >= 0.6 is 0 Å². The first kappa shape index (κ1) is 25.5. The highest BCUT2D eigenvalue weighted by Gasteiger charge is 2.23. The predicted octanol–water partition coefficient (Wildman–Crippen LogP) is 5.42. The number of hydrogen-bond acceptors (Lipinski definition) is 6. The number of carbonyl (C=O) groups excluding carboxylic acids is 1. The number of ether oxygens (including phenoxy) is 1. The van der Waals surface area contributed by atoms with Gasteiger partial charge >= 0.3 is 0 Å². The highest BCUT2D eigenvalue weighted by atomic mass is 16.5. The maximum atomic E-state index is 12.2. The van der Waals surface area contributed by atoms with E-state index >= 15 is 0 Å². The number of nitrogens with zero attached hydrogens (tertiary/aromatic N) is 4. The van der Waals surface area contributed by atoms with E-state index in [2.05, 4.69) is 55.9 Å². The van der Waals surface area contributed by atoms with Gasteiger partial charge in [0.1, 0.15) is 5.75 Å². The standard InChI is InChI=1S/C30H34N6O2/c1-5-28(37)32-23-19-24(27(38-4)18-20(23)10-8-16-35(2)3)34-30-31-15-14-22(33-30)29-21-11-6-7-12-25(21)36-17-9-13-26(29)36/h5-7,11-12,14-15,18-19H,1,8-10,13,16-17H2,2-4H3,(H,32,37)(H,31,33,34). The fourth-order valence-electron chi connectivity index (χ4n) is 5.22. The molecule has 0 aliphatic carbocycles. The lowest BCUT2D eigenvalue weighted by Gasteiger charge is -2.17. The third kappa shape index (κ3) is 5.13. The number of aromatic nitrogens is 3. The minimum Gasteiger partial charge on any atom is -0.495 e. The third-order valence-electron chi connectivity index (χ3n) is 6.95. The van der Waals surface area contributed by atoms with E-state index in [1.807, 2.05) is 32.3 Å². The smallest absolute Gasteiger partial charge is 0.247 e. The molecule has 2 N–H and O–H groups in total. The van der Waals surface area contributed by atoms with Crippen LogP contribution in [0.1, 0.15) is 24.1 Å². The van der Waals surface area contributed by atoms with Crippen molar-refractivity contribution in [2.24, 2.45) is 0 Å². The molecule has 1 aliphatic heterocycles. The molecule has 0 spiro atoms. The van der Waals surface area contributed by atoms with Crippen LogP contribution in [0.25, 0.3) is 22.2 Å². The normalized spacial score (nSPS) is 12.5. The number of para-hydroxylation sites is 1. The zero-order chi connectivity index (χ0) is 26.6. The second-order valence-corrected chi connectivity index (χ2v) is 9.79. The molecule has 196 valence electrons. The van der Waals surface area contributed by atoms with E-state index in [1.165, 1.54) is 28.2 Å². The van der Waals surface area contributed by atoms with Crippen LogP contribution in [0.4, 0.5) is 17.3 Å². The number of methoxy groups -OCH3 is 1. The van der Waals surface area contributed by atoms with Crippen molar-refractivity contribution in [2.45, 2.75) is 32.2 Å². The second kappa shape index (κ2) is 11.1. The number of aryl methyl sites for hydroxylation is 2. The van der Waals surface area contributed by atoms with Gasteiger partial charge in [-0.1, -0.05) is 24.8 Å². The van der Waals surface area contributed by atoms with Gasteiger partial charge in [0.15, 0.2) is 0 Å². The van der Waals surface area contributed by atoms with Crippen molar-refractivity contribution in [2.75, 3.05) is 38.4 Å². The van der Waals surface area contributed by atoms with E-state index in [1.54, 1.807) is 13.3 Å². The van der Waals surface area contributed by atoms with Crippen LogP contribution in [-0.2, 0) is 24.2 Å². The highest BCUT2D eigenvalue weighted by Crippen LogP contribution is 2.38. The van der Waals surface area contributed by atoms with Gasteiger partial charge in [0.05, 0.1) is 18.5 Å². The van der Waals surface area contributed by atoms with Crippen LogP contribution in [0.2, 0.25) is 0 Å². The Labute approximate surface area is 223 Å². The van der Waals surface area contributed by atoms with Gasteiger partial charge in [-0.3, -0.25) is 4.79 Å². The van der Waals surface area contributed by atoms with Crippen molar-refractivity contribution < 1.29 is 9.53 Å². The molecule has 5 rings (SSSR count). The minimum absolute atomic E-state index is 0.261. The fourth-order valence-corrected chi connectivity index (χ4v) is 5.22. The van der Waals surface area contributed by atoms with E-state index in [9.17, 15) is 4.79 Å². The van der Waals surface area contributed by atoms with Gasteiger partial charge < -0.3 is 24.8 Å². The first-order valence-corrected chi connectivity index (χ1v) is 13.0. The molecule has 0 fully saturated rings. The van der Waals surface area contributed by atoms with Crippen molar-refractivity contribution >= 4 is 34.1 Å². The first-order valence-electron chi connectivity index (χ1n) is 13.0. The number of amides is 1. The van der Waals surface area contributed by atoms with Crippen LogP contribution in [0.5, 0.6) is 5.75 Å². The summed E-state index contributed by atoms with van der Waals surface area (Å²) in [6, 6.07) is 14.3. The third-order valence-corrected chi connectivity index (χ3v) is 6.95. The summed E-state index contributed by atoms with van der Waals surface area (Å²) < 4.78 is 8.14. The van der Waals surface area contributed by atoms with Crippen molar-refractivity contribution in [1.29, 1.82) is 0 Å². The van der Waals surface area contributed by atoms with E-state index in [4.69, 9.17) is 9.72 Å². The van der Waals surface area contributed by atoms with Gasteiger partial charge in [-0.15, -0.1) is 0 Å². The number of fused-ring (bicyclic) bond motifs is 3. The Balaban J connectivity index is 1.50. The van der Waals surface area contributed by atoms with Gasteiger partial charge in [-0.25, -0.2) is 9.97 Å². The van der Waals surface area contributed by atoms with Crippen LogP contribution in [0.15, 0.2) is 61.3 Å². The Morgan fingerprint density at radius 3 is 2.84 bits per heavy atom. The Morgan fingerprint density at radius 2 is 2.05 bits per heavy atom. The Morgan fingerprint density at radius 1 is 1.21 bits per heavy atom. The molecule has 1 aliphatic rings. The van der Waals surface area contributed by atoms with Crippen molar-refractivity contribution in [3.8, 4) is 17.0 Å². The lowest BCUT2D eigenvalue weighted by molar-refractivity contribution is -0.111. The number of rotatable bonds is 10. The monoisotopic (exact) mass is 510 g/mol. The van der Waals surface area contributed by atoms with Gasteiger partial charge in [0.2, 0.25) is 11.9 Å². The molecular weight excluding hydrogens is 476 g/mol. The fraction of sp³-hybridized carbons (Fsp3) is 0.300. The number of carbonyl (C=O) groups is 1. The molecule has 8 nitrogen and oxygen atoms in total. The summed E-state index contributed by atoms with van der Waals surface area (Å²) in [5, 5.41) is 7.49. The van der Waals surface area contributed by atoms with Crippen LogP contribution in [0.3, 0.4) is 0 Å². The van der Waals surface area contributed by atoms with E-state index in [-0.39, 0.29) is 5.91 Å². The predicted molar refractivity (Wildman–Crippen MR) is 153 cm³/mol. The number of benzene rings is 2. The van der Waals surface area contributed by atoms with Crippen molar-refractivity contribution in [1.82, 2.24) is 19.4 Å². The topological polar surface area (TPSA) is 84.3 Å². The van der Waals surface area contributed by atoms with Gasteiger partial charge in [0, 0.05) is 40.6 Å². The van der Waals surface area contributed by atoms with Gasteiger partial charge in [0.25, 0.3) is 0 Å². The quantitative estimate of drug-likeness (QED) is 0.277. The molecule has 8 heteroatoms. The summed E-state index contributed by atoms with van der Waals surface area (Å²) in [7, 11) is 5.74. The van der Waals surface area contributed by atoms with E-state index < -0.39 is 0 Å². The Kier molecular flexibility index (Phi) is 7.42. The summed E-state index contributed by atoms with van der Waals surface area (Å²) in [6.07, 6.45) is 6.96. The molecule has 2 aromatic carbocycles. The number of nitrogens with one attached hydrogen (secondary N) is 2. The molecule has 0 unspecified atom stereocenters. The lowest BCUT2D eigenvalue weighted by Crippen LogP contribution is -2.15. The highest BCUT2D eigenvalue weighted by molar-refractivity contribution is 6.00. The summed E-state index contributed by atoms with van der Waals surface area (Å²) in [5.41, 5.74) is 7.01. The molecule has 4 aromatic rings. The first-order chi connectivity index (χ1) is 18.5. The van der Waals surface area contributed by atoms with Gasteiger partial charge in [-0.05, 0) is 82.2 Å². The van der Waals surface area contributed by atoms with Crippen LogP contribution in [0, 0.1) is 0 Å². The van der Waals surface area contributed by atoms with E-state index in [0.29, 0.717) is 23.1 Å². The summed E-state index contributed by atoms with van der Waals surface area (Å²) >= 11 is 0. The Bertz CT molecular complexity index is 1490. The minimum atomic E-state index is -0.261. The molecule has 0 atom stereocenters. The molecule has 2 aromatic heterocycles. The maximum absolute atomic E-state index is 12.2. The van der Waals surface area contributed by atoms with Crippen LogP contribution in [-0.4, -0.2) is 53.1 Å². The molecule has 0 saturated carbocycles. The average Bonchev–Trinajstić information content (AvgIpc) is 3.50. The molecular formula is C30H34N6O2. The summed E-state index contributed by atoms with van der Waals surface area (Å²) in [6.45, 7) is 5.57. The molecule has 0 radical (unpaired) electrons. The lowest BCUT2D eigenvalue weighted by atomic mass is 10.0. The van der Waals surface area contributed by atoms with Gasteiger partial charge in [-0.2, -0.15) is 0 Å². The van der Waals surface area contributed by atoms with Crippen molar-refractivity contribution in [3.05, 3.63) is 72.6 Å². The number of anilines is 3. The molecule has 0 saturated heterocycles. The molecule has 0 bridgehead atoms. The molecule has 3 heterocycles. The maximum Gasteiger partial charge on any atom is 0.247 e. The largest absolute Gasteiger partial charge is 0.495 e. The summed E-state index contributed by atoms with van der Waals surface area (Å²) in [5.74, 6) is 0.859. The zero-order valence-electron chi connectivity index (χ0n) is 22.3. The van der Waals surface area contributed by atoms with E-state index in [0.717, 1.165) is 50.0 Å². The Hall–Kier alpha value is -4.17. The second-order valence-electron chi connectivity index (χ2n) is 9.79. The molecule has 1 amide bonds. The van der Waals surface area contributed by atoms with Crippen molar-refractivity contribution in [3.63, 3.8) is 0 Å². The zero-order valence-corrected chi connectivity index (χ0v) is 22.3. The summed E-state index contributed by atoms with van der Waals surface area (Å²) in [4.78, 5) is 23.8. The van der Waals surface area contributed by atoms with Crippen LogP contribution < -0.4 is 15.4 Å². The molecule has 38 heavy (non-hydrogen) atoms. The average molecular weight is 511 g/mol.